The summed E-state index contributed by atoms with van der Waals surface area (Å²) in [5.74, 6) is 0. The quantitative estimate of drug-likeness (QED) is 0.142. The van der Waals surface area contributed by atoms with Gasteiger partial charge >= 0.3 is 0 Å². The lowest BCUT2D eigenvalue weighted by Crippen LogP contribution is -1.79. The molecule has 5 heterocycles. The third kappa shape index (κ3) is 9.15. The molecule has 0 radical (unpaired) electrons. The zero-order valence-corrected chi connectivity index (χ0v) is 38.2. The van der Waals surface area contributed by atoms with Crippen molar-refractivity contribution < 1.29 is 0 Å². The van der Waals surface area contributed by atoms with E-state index in [1.54, 1.807) is 0 Å². The molecule has 0 fully saturated rings. The zero-order valence-electron chi connectivity index (χ0n) is 38.2. The van der Waals surface area contributed by atoms with Crippen molar-refractivity contribution in [3.05, 3.63) is 274 Å². The predicted octanol–water partition coefficient (Wildman–Crippen LogP) is 16.9. The van der Waals surface area contributed by atoms with Crippen LogP contribution < -0.4 is 0 Å². The molecule has 5 heteroatoms. The molecule has 0 unspecified atom stereocenters. The summed E-state index contributed by atoms with van der Waals surface area (Å²) < 4.78 is 0. The normalized spacial score (nSPS) is 10.9. The minimum Gasteiger partial charge on any atom is -0.264 e. The van der Waals surface area contributed by atoms with Crippen molar-refractivity contribution in [2.45, 2.75) is 0 Å². The number of rotatable bonds is 0. The second kappa shape index (κ2) is 20.2. The van der Waals surface area contributed by atoms with E-state index in [2.05, 4.69) is 231 Å². The molecular weight excluding hydrogens is 851 g/mol. The van der Waals surface area contributed by atoms with Gasteiger partial charge in [-0.15, -0.1) is 0 Å². The summed E-state index contributed by atoms with van der Waals surface area (Å²) in [6.45, 7) is 0. The first-order valence-electron chi connectivity index (χ1n) is 23.3. The smallest absolute Gasteiger partial charge is 0.0780 e. The zero-order chi connectivity index (χ0) is 46.9. The lowest BCUT2D eigenvalue weighted by atomic mass is 10.0. The van der Waals surface area contributed by atoms with Gasteiger partial charge in [-0.25, -0.2) is 0 Å². The minimum absolute atomic E-state index is 1.06. The summed E-state index contributed by atoms with van der Waals surface area (Å²) in [6, 6.07) is 77.5. The van der Waals surface area contributed by atoms with Gasteiger partial charge in [0.05, 0.1) is 11.0 Å². The van der Waals surface area contributed by atoms with Gasteiger partial charge in [0.25, 0.3) is 0 Å². The van der Waals surface area contributed by atoms with Crippen molar-refractivity contribution in [1.29, 1.82) is 0 Å². The summed E-state index contributed by atoms with van der Waals surface area (Å²) in [5, 5.41) is 22.6. The number of nitrogens with zero attached hydrogens (tertiary/aromatic N) is 5. The van der Waals surface area contributed by atoms with E-state index >= 15 is 0 Å². The Hall–Kier alpha value is -9.45. The van der Waals surface area contributed by atoms with Crippen LogP contribution in [0.25, 0.3) is 108 Å². The molecule has 0 N–H and O–H groups in total. The number of pyridine rings is 5. The van der Waals surface area contributed by atoms with Gasteiger partial charge in [-0.2, -0.15) is 0 Å². The maximum absolute atomic E-state index is 4.41. The number of hydrogen-bond acceptors (Lipinski definition) is 5. The van der Waals surface area contributed by atoms with E-state index in [0.717, 1.165) is 11.0 Å². The van der Waals surface area contributed by atoms with Crippen molar-refractivity contribution in [2.75, 3.05) is 0 Å². The van der Waals surface area contributed by atoms with Gasteiger partial charge in [0.1, 0.15) is 0 Å². The molecule has 15 rings (SSSR count). The number of hydrogen-bond donors (Lipinski definition) is 0. The third-order valence-electron chi connectivity index (χ3n) is 12.6. The Morgan fingerprint density at radius 1 is 0.186 bits per heavy atom. The van der Waals surface area contributed by atoms with Crippen LogP contribution in [0.15, 0.2) is 274 Å². The molecule has 0 aliphatic rings. The van der Waals surface area contributed by atoms with Crippen LogP contribution in [0.2, 0.25) is 0 Å². The van der Waals surface area contributed by atoms with Gasteiger partial charge in [0, 0.05) is 81.9 Å². The van der Waals surface area contributed by atoms with E-state index < -0.39 is 0 Å². The highest BCUT2D eigenvalue weighted by Crippen LogP contribution is 2.28. The van der Waals surface area contributed by atoms with Crippen molar-refractivity contribution in [3.63, 3.8) is 0 Å². The molecule has 0 atom stereocenters. The summed E-state index contributed by atoms with van der Waals surface area (Å²) >= 11 is 0. The monoisotopic (exact) mass is 895 g/mol. The molecule has 5 aromatic heterocycles. The minimum atomic E-state index is 1.06. The summed E-state index contributed by atoms with van der Waals surface area (Å²) in [5.41, 5.74) is 2.15. The molecule has 70 heavy (non-hydrogen) atoms. The van der Waals surface area contributed by atoms with Crippen LogP contribution in [0.5, 0.6) is 0 Å². The van der Waals surface area contributed by atoms with E-state index in [0.29, 0.717) is 0 Å². The molecule has 0 aliphatic carbocycles. The Morgan fingerprint density at radius 3 is 1.10 bits per heavy atom. The van der Waals surface area contributed by atoms with Crippen LogP contribution in [0, 0.1) is 0 Å². The fourth-order valence-electron chi connectivity index (χ4n) is 9.20. The summed E-state index contributed by atoms with van der Waals surface area (Å²) in [4.78, 5) is 21.1. The summed E-state index contributed by atoms with van der Waals surface area (Å²) in [6.07, 6.45) is 14.9. The maximum atomic E-state index is 4.41. The third-order valence-corrected chi connectivity index (χ3v) is 12.6. The highest BCUT2D eigenvalue weighted by molar-refractivity contribution is 6.10. The SMILES string of the molecule is c1ccc2c(c1)ccc1cccnc12.c1ccc2c(c1)ccc1ccncc12.c1ccc2c(c1)ccc1cnccc12.c1ccc2c(c1)ccc1cnccc12.c1ccc2c(c1)ccc1ncccc12. The van der Waals surface area contributed by atoms with Gasteiger partial charge < -0.3 is 0 Å². The topological polar surface area (TPSA) is 64.5 Å². The molecule has 0 saturated heterocycles. The Bertz CT molecular complexity index is 3370. The van der Waals surface area contributed by atoms with Crippen molar-refractivity contribution in [3.8, 4) is 0 Å². The fourth-order valence-corrected chi connectivity index (χ4v) is 9.20. The summed E-state index contributed by atoms with van der Waals surface area (Å²) in [7, 11) is 0. The molecule has 5 nitrogen and oxygen atoms in total. The molecule has 0 amide bonds. The predicted molar refractivity (Wildman–Crippen MR) is 296 cm³/mol. The fraction of sp³-hybridized carbons (Fsp3) is 0. The van der Waals surface area contributed by atoms with Crippen molar-refractivity contribution in [2.24, 2.45) is 0 Å². The average Bonchev–Trinajstić information content (AvgIpc) is 3.45. The van der Waals surface area contributed by atoms with Gasteiger partial charge in [-0.05, 0) is 101 Å². The lowest BCUT2D eigenvalue weighted by molar-refractivity contribution is 1.37. The van der Waals surface area contributed by atoms with Gasteiger partial charge in [-0.1, -0.05) is 188 Å². The van der Waals surface area contributed by atoms with Crippen molar-refractivity contribution >= 4 is 108 Å². The molecule has 0 spiro atoms. The van der Waals surface area contributed by atoms with Crippen LogP contribution >= 0.6 is 0 Å². The molecule has 330 valence electrons. The molecule has 0 aliphatic heterocycles. The van der Waals surface area contributed by atoms with Crippen LogP contribution in [0.3, 0.4) is 0 Å². The van der Waals surface area contributed by atoms with E-state index in [1.165, 1.54) is 97.0 Å². The highest BCUT2D eigenvalue weighted by atomic mass is 14.7. The van der Waals surface area contributed by atoms with E-state index in [-0.39, 0.29) is 0 Å². The standard InChI is InChI=1S/5C13H9N/c1-2-6-12-10(4-1)7-8-11-5-3-9-14-13(11)12;1-2-5-11-10(4-1)7-8-13-12(11)6-3-9-14-13;2*1-2-4-12-10(3-1)5-6-11-9-14-8-7-13(11)12;1-2-4-12-10(3-1)5-6-11-7-8-14-9-13(11)12/h5*1-9H. The molecule has 10 aromatic carbocycles. The Morgan fingerprint density at radius 2 is 0.529 bits per heavy atom. The maximum Gasteiger partial charge on any atom is 0.0780 e. The largest absolute Gasteiger partial charge is 0.264 e. The van der Waals surface area contributed by atoms with E-state index in [4.69, 9.17) is 0 Å². The average molecular weight is 896 g/mol. The number of fused-ring (bicyclic) bond motifs is 15. The van der Waals surface area contributed by atoms with Crippen LogP contribution in [-0.4, -0.2) is 24.9 Å². The molecule has 0 saturated carbocycles. The van der Waals surface area contributed by atoms with E-state index in [1.807, 2.05) is 67.8 Å². The Labute approximate surface area is 405 Å². The molecule has 15 aromatic rings. The first-order valence-corrected chi connectivity index (χ1v) is 23.3. The van der Waals surface area contributed by atoms with Gasteiger partial charge in [0.2, 0.25) is 0 Å². The number of benzene rings is 10. The van der Waals surface area contributed by atoms with Gasteiger partial charge in [0.15, 0.2) is 0 Å². The van der Waals surface area contributed by atoms with Crippen molar-refractivity contribution in [1.82, 2.24) is 24.9 Å². The second-order valence-electron chi connectivity index (χ2n) is 16.9. The second-order valence-corrected chi connectivity index (χ2v) is 16.9. The Kier molecular flexibility index (Phi) is 12.4. The first-order chi connectivity index (χ1) is 34.7. The number of aromatic nitrogens is 5. The van der Waals surface area contributed by atoms with Gasteiger partial charge in [-0.3, -0.25) is 24.9 Å². The highest BCUT2D eigenvalue weighted by Gasteiger charge is 2.02. The Balaban J connectivity index is 0.0000000952. The first kappa shape index (κ1) is 43.1. The van der Waals surface area contributed by atoms with Crippen LogP contribution in [0.1, 0.15) is 0 Å². The van der Waals surface area contributed by atoms with Crippen LogP contribution in [0.4, 0.5) is 0 Å². The lowest BCUT2D eigenvalue weighted by Gasteiger charge is -2.01. The van der Waals surface area contributed by atoms with Crippen LogP contribution in [-0.2, 0) is 0 Å². The molecular formula is C65H45N5. The molecule has 0 bridgehead atoms. The van der Waals surface area contributed by atoms with E-state index in [9.17, 15) is 0 Å².